The first kappa shape index (κ1) is 12.2. The van der Waals surface area contributed by atoms with Gasteiger partial charge in [-0.1, -0.05) is 13.3 Å². The highest BCUT2D eigenvalue weighted by molar-refractivity contribution is 7.14. The quantitative estimate of drug-likeness (QED) is 0.761. The van der Waals surface area contributed by atoms with Gasteiger partial charge < -0.3 is 9.84 Å². The number of unbranched alkanes of at least 4 members (excludes halogenated alkanes) is 1. The summed E-state index contributed by atoms with van der Waals surface area (Å²) in [5, 5.41) is 8.80. The molecule has 0 saturated carbocycles. The summed E-state index contributed by atoms with van der Waals surface area (Å²) in [7, 11) is 0. The number of carbonyl (C=O) groups is 1. The van der Waals surface area contributed by atoms with Gasteiger partial charge in [0.1, 0.15) is 4.88 Å². The maximum atomic E-state index is 10.7. The summed E-state index contributed by atoms with van der Waals surface area (Å²) in [6.45, 7) is 5.31. The second-order valence-electron chi connectivity index (χ2n) is 3.40. The Morgan fingerprint density at radius 2 is 2.33 bits per heavy atom. The summed E-state index contributed by atoms with van der Waals surface area (Å²) in [4.78, 5) is 12.1. The molecule has 0 aliphatic carbocycles. The molecular formula is C11H16O3S. The minimum absolute atomic E-state index is 0.390. The van der Waals surface area contributed by atoms with Gasteiger partial charge >= 0.3 is 5.97 Å². The van der Waals surface area contributed by atoms with Gasteiger partial charge in [0.25, 0.3) is 0 Å². The number of aryl methyl sites for hydroxylation is 1. The standard InChI is InChI=1S/C11H16O3S/c1-3-4-5-14-7-9-6-10(11(12)13)15-8(9)2/h6H,3-5,7H2,1-2H3,(H,12,13). The first-order chi connectivity index (χ1) is 7.15. The smallest absolute Gasteiger partial charge is 0.345 e. The van der Waals surface area contributed by atoms with E-state index >= 15 is 0 Å². The second-order valence-corrected chi connectivity index (χ2v) is 4.66. The van der Waals surface area contributed by atoms with E-state index in [0.717, 1.165) is 29.9 Å². The summed E-state index contributed by atoms with van der Waals surface area (Å²) in [5.74, 6) is -0.858. The number of carboxylic acid groups (broad SMARTS) is 1. The molecule has 15 heavy (non-hydrogen) atoms. The fourth-order valence-electron chi connectivity index (χ4n) is 1.20. The van der Waals surface area contributed by atoms with Gasteiger partial charge in [0, 0.05) is 11.5 Å². The largest absolute Gasteiger partial charge is 0.477 e. The zero-order valence-corrected chi connectivity index (χ0v) is 9.89. The third kappa shape index (κ3) is 3.64. The van der Waals surface area contributed by atoms with E-state index in [4.69, 9.17) is 9.84 Å². The molecule has 1 rings (SSSR count). The summed E-state index contributed by atoms with van der Waals surface area (Å²) in [6.07, 6.45) is 2.16. The van der Waals surface area contributed by atoms with Crippen molar-refractivity contribution in [3.8, 4) is 0 Å². The van der Waals surface area contributed by atoms with Crippen molar-refractivity contribution in [1.29, 1.82) is 0 Å². The molecular weight excluding hydrogens is 212 g/mol. The molecule has 0 spiro atoms. The van der Waals surface area contributed by atoms with Gasteiger partial charge in [0.05, 0.1) is 6.61 Å². The molecule has 0 atom stereocenters. The van der Waals surface area contributed by atoms with Crippen LogP contribution in [-0.2, 0) is 11.3 Å². The third-order valence-corrected chi connectivity index (χ3v) is 3.21. The first-order valence-corrected chi connectivity index (χ1v) is 5.87. The minimum atomic E-state index is -0.858. The van der Waals surface area contributed by atoms with Gasteiger partial charge in [-0.05, 0) is 25.0 Å². The minimum Gasteiger partial charge on any atom is -0.477 e. The maximum absolute atomic E-state index is 10.7. The van der Waals surface area contributed by atoms with Crippen LogP contribution in [0.3, 0.4) is 0 Å². The van der Waals surface area contributed by atoms with Crippen molar-refractivity contribution >= 4 is 17.3 Å². The number of ether oxygens (including phenoxy) is 1. The van der Waals surface area contributed by atoms with Crippen molar-refractivity contribution in [1.82, 2.24) is 0 Å². The SMILES string of the molecule is CCCCOCc1cc(C(=O)O)sc1C. The van der Waals surface area contributed by atoms with Crippen LogP contribution in [0.15, 0.2) is 6.07 Å². The molecule has 0 aliphatic rings. The molecule has 0 unspecified atom stereocenters. The Morgan fingerprint density at radius 3 is 2.87 bits per heavy atom. The number of rotatable bonds is 6. The van der Waals surface area contributed by atoms with Crippen LogP contribution in [0.5, 0.6) is 0 Å². The average molecular weight is 228 g/mol. The van der Waals surface area contributed by atoms with Crippen molar-refractivity contribution in [2.75, 3.05) is 6.61 Å². The second kappa shape index (κ2) is 5.88. The van der Waals surface area contributed by atoms with Crippen LogP contribution in [0.2, 0.25) is 0 Å². The molecule has 0 radical (unpaired) electrons. The molecule has 84 valence electrons. The van der Waals surface area contributed by atoms with Crippen molar-refractivity contribution in [2.24, 2.45) is 0 Å². The third-order valence-electron chi connectivity index (χ3n) is 2.13. The summed E-state index contributed by atoms with van der Waals surface area (Å²) in [5.41, 5.74) is 0.994. The summed E-state index contributed by atoms with van der Waals surface area (Å²) < 4.78 is 5.45. The highest BCUT2D eigenvalue weighted by atomic mass is 32.1. The summed E-state index contributed by atoms with van der Waals surface area (Å²) >= 11 is 1.31. The molecule has 4 heteroatoms. The van der Waals surface area contributed by atoms with E-state index in [2.05, 4.69) is 6.92 Å². The van der Waals surface area contributed by atoms with E-state index in [1.807, 2.05) is 6.92 Å². The molecule has 0 fully saturated rings. The zero-order chi connectivity index (χ0) is 11.3. The molecule has 1 N–H and O–H groups in total. The molecule has 1 aromatic rings. The van der Waals surface area contributed by atoms with Crippen LogP contribution in [0.4, 0.5) is 0 Å². The molecule has 0 saturated heterocycles. The van der Waals surface area contributed by atoms with E-state index in [1.54, 1.807) is 6.07 Å². The number of carboxylic acids is 1. The monoisotopic (exact) mass is 228 g/mol. The molecule has 0 aromatic carbocycles. The van der Waals surface area contributed by atoms with E-state index in [9.17, 15) is 4.79 Å². The van der Waals surface area contributed by atoms with Crippen molar-refractivity contribution in [3.63, 3.8) is 0 Å². The lowest BCUT2D eigenvalue weighted by atomic mass is 10.2. The molecule has 1 heterocycles. The van der Waals surface area contributed by atoms with Gasteiger partial charge in [0.2, 0.25) is 0 Å². The van der Waals surface area contributed by atoms with Crippen molar-refractivity contribution < 1.29 is 14.6 Å². The lowest BCUT2D eigenvalue weighted by Gasteiger charge is -2.01. The predicted molar refractivity (Wildman–Crippen MR) is 60.6 cm³/mol. The number of hydrogen-bond acceptors (Lipinski definition) is 3. The van der Waals surface area contributed by atoms with Gasteiger partial charge in [0.15, 0.2) is 0 Å². The van der Waals surface area contributed by atoms with Crippen LogP contribution in [0, 0.1) is 6.92 Å². The normalized spacial score (nSPS) is 10.5. The highest BCUT2D eigenvalue weighted by Gasteiger charge is 2.10. The predicted octanol–water partition coefficient (Wildman–Crippen LogP) is 3.07. The van der Waals surface area contributed by atoms with Crippen molar-refractivity contribution in [3.05, 3.63) is 21.4 Å². The molecule has 3 nitrogen and oxygen atoms in total. The molecule has 0 bridgehead atoms. The van der Waals surface area contributed by atoms with Crippen LogP contribution < -0.4 is 0 Å². The molecule has 1 aromatic heterocycles. The highest BCUT2D eigenvalue weighted by Crippen LogP contribution is 2.22. The Kier molecular flexibility index (Phi) is 4.78. The summed E-state index contributed by atoms with van der Waals surface area (Å²) in [6, 6.07) is 1.70. The van der Waals surface area contributed by atoms with Crippen LogP contribution in [-0.4, -0.2) is 17.7 Å². The maximum Gasteiger partial charge on any atom is 0.345 e. The fourth-order valence-corrected chi connectivity index (χ4v) is 2.06. The van der Waals surface area contributed by atoms with E-state index in [-0.39, 0.29) is 0 Å². The fraction of sp³-hybridized carbons (Fsp3) is 0.545. The lowest BCUT2D eigenvalue weighted by Crippen LogP contribution is -1.95. The van der Waals surface area contributed by atoms with Crippen LogP contribution in [0.25, 0.3) is 0 Å². The van der Waals surface area contributed by atoms with Gasteiger partial charge in [-0.2, -0.15) is 0 Å². The Bertz CT molecular complexity index is 331. The average Bonchev–Trinajstić information content (AvgIpc) is 2.55. The van der Waals surface area contributed by atoms with E-state index < -0.39 is 5.97 Å². The Hall–Kier alpha value is -0.870. The van der Waals surface area contributed by atoms with Crippen molar-refractivity contribution in [2.45, 2.75) is 33.3 Å². The van der Waals surface area contributed by atoms with Crippen LogP contribution >= 0.6 is 11.3 Å². The van der Waals surface area contributed by atoms with Gasteiger partial charge in [-0.15, -0.1) is 11.3 Å². The number of thiophene rings is 1. The van der Waals surface area contributed by atoms with Gasteiger partial charge in [-0.25, -0.2) is 4.79 Å². The Labute approximate surface area is 93.7 Å². The van der Waals surface area contributed by atoms with E-state index in [1.165, 1.54) is 11.3 Å². The Morgan fingerprint density at radius 1 is 1.60 bits per heavy atom. The molecule has 0 aliphatic heterocycles. The van der Waals surface area contributed by atoms with Crippen LogP contribution in [0.1, 0.15) is 39.9 Å². The topological polar surface area (TPSA) is 46.5 Å². The number of aromatic carboxylic acids is 1. The molecule has 0 amide bonds. The lowest BCUT2D eigenvalue weighted by molar-refractivity contribution is 0.0702. The number of hydrogen-bond donors (Lipinski definition) is 1. The zero-order valence-electron chi connectivity index (χ0n) is 9.08. The first-order valence-electron chi connectivity index (χ1n) is 5.05. The Balaban J connectivity index is 2.50. The van der Waals surface area contributed by atoms with Gasteiger partial charge in [-0.3, -0.25) is 0 Å². The van der Waals surface area contributed by atoms with E-state index in [0.29, 0.717) is 11.5 Å².